The van der Waals surface area contributed by atoms with Crippen LogP contribution in [-0.4, -0.2) is 16.1 Å². The normalized spacial score (nSPS) is 12.8. The predicted molar refractivity (Wildman–Crippen MR) is 63.8 cm³/mol. The zero-order valence-corrected chi connectivity index (χ0v) is 10.4. The minimum atomic E-state index is -0.154. The molecule has 1 N–H and O–H groups in total. The van der Waals surface area contributed by atoms with Crippen molar-refractivity contribution in [2.24, 2.45) is 5.92 Å². The molecule has 1 rings (SSSR count). The standard InChI is InChI=1S/C12H20N2O2/c1-5-10-13-11(15)7-12(14-10)16-9(4)6-8(2)3/h7-9H,5-6H2,1-4H3,(H,13,14,15). The smallest absolute Gasteiger partial charge is 0.254 e. The summed E-state index contributed by atoms with van der Waals surface area (Å²) in [6, 6.07) is 1.40. The molecule has 1 heterocycles. The highest BCUT2D eigenvalue weighted by Gasteiger charge is 2.08. The second kappa shape index (κ2) is 5.68. The van der Waals surface area contributed by atoms with Crippen LogP contribution >= 0.6 is 0 Å². The molecule has 0 aliphatic heterocycles. The summed E-state index contributed by atoms with van der Waals surface area (Å²) in [7, 11) is 0. The molecule has 1 atom stereocenters. The van der Waals surface area contributed by atoms with Gasteiger partial charge in [0.2, 0.25) is 5.88 Å². The summed E-state index contributed by atoms with van der Waals surface area (Å²) in [6.07, 6.45) is 1.74. The van der Waals surface area contributed by atoms with Crippen LogP contribution in [0.5, 0.6) is 5.88 Å². The quantitative estimate of drug-likeness (QED) is 0.833. The summed E-state index contributed by atoms with van der Waals surface area (Å²) in [4.78, 5) is 18.2. The summed E-state index contributed by atoms with van der Waals surface area (Å²) >= 11 is 0. The largest absolute Gasteiger partial charge is 0.474 e. The fourth-order valence-corrected chi connectivity index (χ4v) is 1.63. The van der Waals surface area contributed by atoms with Gasteiger partial charge in [0.15, 0.2) is 0 Å². The first-order valence-electron chi connectivity index (χ1n) is 5.78. The van der Waals surface area contributed by atoms with Gasteiger partial charge < -0.3 is 9.72 Å². The molecule has 0 bridgehead atoms. The van der Waals surface area contributed by atoms with Crippen molar-refractivity contribution in [2.75, 3.05) is 0 Å². The van der Waals surface area contributed by atoms with Gasteiger partial charge in [-0.1, -0.05) is 20.8 Å². The summed E-state index contributed by atoms with van der Waals surface area (Å²) in [5.74, 6) is 1.66. The van der Waals surface area contributed by atoms with E-state index in [0.717, 1.165) is 6.42 Å². The summed E-state index contributed by atoms with van der Waals surface area (Å²) in [6.45, 7) is 8.22. The molecule has 0 saturated carbocycles. The molecule has 0 radical (unpaired) electrons. The number of ether oxygens (including phenoxy) is 1. The zero-order valence-electron chi connectivity index (χ0n) is 10.4. The number of H-pyrrole nitrogens is 1. The molecular weight excluding hydrogens is 204 g/mol. The lowest BCUT2D eigenvalue weighted by Gasteiger charge is -2.15. The summed E-state index contributed by atoms with van der Waals surface area (Å²) in [5.41, 5.74) is -0.154. The maximum atomic E-state index is 11.3. The van der Waals surface area contributed by atoms with E-state index < -0.39 is 0 Å². The second-order valence-corrected chi connectivity index (χ2v) is 4.44. The van der Waals surface area contributed by atoms with Crippen LogP contribution in [0.4, 0.5) is 0 Å². The van der Waals surface area contributed by atoms with Crippen molar-refractivity contribution in [3.63, 3.8) is 0 Å². The van der Waals surface area contributed by atoms with E-state index in [4.69, 9.17) is 4.74 Å². The molecule has 0 aliphatic rings. The first kappa shape index (κ1) is 12.7. The van der Waals surface area contributed by atoms with Crippen LogP contribution in [0, 0.1) is 5.92 Å². The van der Waals surface area contributed by atoms with Crippen LogP contribution in [0.3, 0.4) is 0 Å². The van der Waals surface area contributed by atoms with E-state index in [-0.39, 0.29) is 11.7 Å². The molecular formula is C12H20N2O2. The number of nitrogens with one attached hydrogen (secondary N) is 1. The lowest BCUT2D eigenvalue weighted by Crippen LogP contribution is -2.18. The Labute approximate surface area is 96.1 Å². The van der Waals surface area contributed by atoms with Gasteiger partial charge in [0.05, 0.1) is 12.2 Å². The molecule has 16 heavy (non-hydrogen) atoms. The van der Waals surface area contributed by atoms with Gasteiger partial charge in [-0.3, -0.25) is 4.79 Å². The fraction of sp³-hybridized carbons (Fsp3) is 0.667. The highest BCUT2D eigenvalue weighted by Crippen LogP contribution is 2.11. The second-order valence-electron chi connectivity index (χ2n) is 4.44. The van der Waals surface area contributed by atoms with E-state index >= 15 is 0 Å². The Bertz CT molecular complexity index is 385. The molecule has 0 amide bonds. The van der Waals surface area contributed by atoms with Gasteiger partial charge in [-0.15, -0.1) is 0 Å². The highest BCUT2D eigenvalue weighted by atomic mass is 16.5. The maximum absolute atomic E-state index is 11.3. The average molecular weight is 224 g/mol. The summed E-state index contributed by atoms with van der Waals surface area (Å²) < 4.78 is 5.62. The van der Waals surface area contributed by atoms with Gasteiger partial charge in [0.25, 0.3) is 5.56 Å². The number of hydrogen-bond acceptors (Lipinski definition) is 3. The van der Waals surface area contributed by atoms with Crippen LogP contribution in [0.15, 0.2) is 10.9 Å². The monoisotopic (exact) mass is 224 g/mol. The molecule has 1 unspecified atom stereocenters. The molecule has 0 aromatic carbocycles. The van der Waals surface area contributed by atoms with Gasteiger partial charge in [0.1, 0.15) is 5.82 Å². The number of aryl methyl sites for hydroxylation is 1. The van der Waals surface area contributed by atoms with E-state index in [2.05, 4.69) is 23.8 Å². The molecule has 0 spiro atoms. The Morgan fingerprint density at radius 3 is 2.69 bits per heavy atom. The van der Waals surface area contributed by atoms with Gasteiger partial charge in [-0.2, -0.15) is 0 Å². The van der Waals surface area contributed by atoms with Crippen molar-refractivity contribution in [3.8, 4) is 5.88 Å². The Morgan fingerprint density at radius 2 is 2.12 bits per heavy atom. The fourth-order valence-electron chi connectivity index (χ4n) is 1.63. The van der Waals surface area contributed by atoms with Crippen molar-refractivity contribution in [3.05, 3.63) is 22.2 Å². The van der Waals surface area contributed by atoms with Gasteiger partial charge in [-0.05, 0) is 19.3 Å². The van der Waals surface area contributed by atoms with Crippen LogP contribution in [0.25, 0.3) is 0 Å². The lowest BCUT2D eigenvalue weighted by molar-refractivity contribution is 0.184. The van der Waals surface area contributed by atoms with Gasteiger partial charge in [0, 0.05) is 6.42 Å². The number of aromatic nitrogens is 2. The van der Waals surface area contributed by atoms with Crippen molar-refractivity contribution in [2.45, 2.75) is 46.6 Å². The third-order valence-electron chi connectivity index (χ3n) is 2.23. The SMILES string of the molecule is CCc1nc(OC(C)CC(C)C)cc(=O)[nH]1. The number of hydrogen-bond donors (Lipinski definition) is 1. The molecule has 0 aliphatic carbocycles. The summed E-state index contributed by atoms with van der Waals surface area (Å²) in [5, 5.41) is 0. The Morgan fingerprint density at radius 1 is 1.44 bits per heavy atom. The van der Waals surface area contributed by atoms with E-state index in [1.54, 1.807) is 0 Å². The molecule has 4 heteroatoms. The highest BCUT2D eigenvalue weighted by molar-refractivity contribution is 5.09. The van der Waals surface area contributed by atoms with Crippen LogP contribution < -0.4 is 10.3 Å². The number of nitrogens with zero attached hydrogens (tertiary/aromatic N) is 1. The van der Waals surface area contributed by atoms with E-state index in [1.165, 1.54) is 6.07 Å². The molecule has 1 aromatic rings. The molecule has 90 valence electrons. The van der Waals surface area contributed by atoms with Crippen LogP contribution in [0.1, 0.15) is 39.9 Å². The lowest BCUT2D eigenvalue weighted by atomic mass is 10.1. The van der Waals surface area contributed by atoms with Crippen molar-refractivity contribution in [1.29, 1.82) is 0 Å². The van der Waals surface area contributed by atoms with Gasteiger partial charge in [-0.25, -0.2) is 4.98 Å². The molecule has 4 nitrogen and oxygen atoms in total. The topological polar surface area (TPSA) is 55.0 Å². The molecule has 1 aromatic heterocycles. The van der Waals surface area contributed by atoms with Crippen molar-refractivity contribution < 1.29 is 4.74 Å². The average Bonchev–Trinajstić information content (AvgIpc) is 2.14. The van der Waals surface area contributed by atoms with Crippen LogP contribution in [-0.2, 0) is 6.42 Å². The number of rotatable bonds is 5. The van der Waals surface area contributed by atoms with E-state index in [1.807, 2.05) is 13.8 Å². The molecule has 0 fully saturated rings. The van der Waals surface area contributed by atoms with Gasteiger partial charge >= 0.3 is 0 Å². The first-order chi connectivity index (χ1) is 7.51. The Hall–Kier alpha value is -1.32. The minimum Gasteiger partial charge on any atom is -0.474 e. The predicted octanol–water partition coefficient (Wildman–Crippen LogP) is 2.15. The van der Waals surface area contributed by atoms with Crippen LogP contribution in [0.2, 0.25) is 0 Å². The van der Waals surface area contributed by atoms with Crippen molar-refractivity contribution in [1.82, 2.24) is 9.97 Å². The Kier molecular flexibility index (Phi) is 4.52. The van der Waals surface area contributed by atoms with E-state index in [0.29, 0.717) is 24.0 Å². The zero-order chi connectivity index (χ0) is 12.1. The molecule has 0 saturated heterocycles. The maximum Gasteiger partial charge on any atom is 0.254 e. The first-order valence-corrected chi connectivity index (χ1v) is 5.78. The van der Waals surface area contributed by atoms with Crippen molar-refractivity contribution >= 4 is 0 Å². The van der Waals surface area contributed by atoms with E-state index in [9.17, 15) is 4.79 Å². The number of aromatic amines is 1. The Balaban J connectivity index is 2.73. The third kappa shape index (κ3) is 4.04. The minimum absolute atomic E-state index is 0.0824. The third-order valence-corrected chi connectivity index (χ3v) is 2.23.